The maximum atomic E-state index is 12.3. The Hall–Kier alpha value is -1.93. The van der Waals surface area contributed by atoms with Crippen LogP contribution in [0.2, 0.25) is 5.02 Å². The van der Waals surface area contributed by atoms with Gasteiger partial charge in [-0.1, -0.05) is 17.7 Å². The second kappa shape index (κ2) is 5.86. The first kappa shape index (κ1) is 16.9. The van der Waals surface area contributed by atoms with Crippen LogP contribution in [0, 0.1) is 0 Å². The number of carbonyl (C=O) groups excluding carboxylic acids is 2. The van der Waals surface area contributed by atoms with Crippen LogP contribution >= 0.6 is 23.4 Å². The summed E-state index contributed by atoms with van der Waals surface area (Å²) in [6.07, 6.45) is 0. The molecule has 2 saturated heterocycles. The first-order valence-corrected chi connectivity index (χ1v) is 8.52. The van der Waals surface area contributed by atoms with Crippen LogP contribution in [0.1, 0.15) is 13.8 Å². The first-order chi connectivity index (χ1) is 11.2. The van der Waals surface area contributed by atoms with E-state index in [1.54, 1.807) is 38.1 Å². The highest BCUT2D eigenvalue weighted by atomic mass is 35.5. The Morgan fingerprint density at radius 3 is 2.71 bits per heavy atom. The molecule has 2 fully saturated rings. The van der Waals surface area contributed by atoms with Gasteiger partial charge in [0.25, 0.3) is 0 Å². The van der Waals surface area contributed by atoms with Gasteiger partial charge in [-0.2, -0.15) is 0 Å². The molecule has 0 aromatic heterocycles. The Kier molecular flexibility index (Phi) is 4.13. The molecule has 3 N–H and O–H groups in total. The average Bonchev–Trinajstić information content (AvgIpc) is 2.73. The zero-order valence-corrected chi connectivity index (χ0v) is 14.5. The molecule has 7 nitrogen and oxygen atoms in total. The van der Waals surface area contributed by atoms with E-state index in [0.29, 0.717) is 10.7 Å². The summed E-state index contributed by atoms with van der Waals surface area (Å²) in [5, 5.41) is 14.7. The summed E-state index contributed by atoms with van der Waals surface area (Å²) in [4.78, 5) is 37.1. The number of rotatable bonds is 3. The van der Waals surface area contributed by atoms with E-state index in [0.717, 1.165) is 0 Å². The average molecular weight is 370 g/mol. The van der Waals surface area contributed by atoms with Crippen LogP contribution in [-0.2, 0) is 9.59 Å². The number of amides is 3. The number of benzene rings is 1. The normalized spacial score (nSPS) is 27.2. The van der Waals surface area contributed by atoms with E-state index in [1.165, 1.54) is 16.7 Å². The lowest BCUT2D eigenvalue weighted by atomic mass is 9.96. The number of hydrogen-bond acceptors (Lipinski definition) is 4. The largest absolute Gasteiger partial charge is 0.480 e. The molecule has 3 rings (SSSR count). The molecule has 1 aromatic carbocycles. The van der Waals surface area contributed by atoms with Crippen LogP contribution in [0.25, 0.3) is 0 Å². The van der Waals surface area contributed by atoms with Crippen LogP contribution in [0.3, 0.4) is 0 Å². The fourth-order valence-electron chi connectivity index (χ4n) is 3.02. The number of hydrogen-bond donors (Lipinski definition) is 3. The second-order valence-corrected chi connectivity index (χ2v) is 8.39. The Morgan fingerprint density at radius 1 is 1.38 bits per heavy atom. The number of nitrogens with zero attached hydrogens (tertiary/aromatic N) is 1. The van der Waals surface area contributed by atoms with Crippen molar-refractivity contribution < 1.29 is 19.5 Å². The van der Waals surface area contributed by atoms with E-state index < -0.39 is 28.8 Å². The number of anilines is 1. The molecule has 128 valence electrons. The van der Waals surface area contributed by atoms with E-state index in [9.17, 15) is 19.5 Å². The minimum Gasteiger partial charge on any atom is -0.480 e. The zero-order chi connectivity index (χ0) is 17.6. The summed E-state index contributed by atoms with van der Waals surface area (Å²) in [7, 11) is 0. The Labute approximate surface area is 147 Å². The van der Waals surface area contributed by atoms with Gasteiger partial charge in [-0.25, -0.2) is 9.59 Å². The van der Waals surface area contributed by atoms with Crippen LogP contribution in [0.15, 0.2) is 24.3 Å². The number of halogens is 1. The molecule has 0 saturated carbocycles. The molecule has 1 aromatic rings. The summed E-state index contributed by atoms with van der Waals surface area (Å²) >= 11 is 7.23. The SMILES string of the molecule is CC1(C)SC2C(NC(=O)Nc3cccc(Cl)c3)C(=O)N2C1C(=O)O. The number of β-lactam (4-membered cyclic amide) rings is 1. The number of thioether (sulfide) groups is 1. The Balaban J connectivity index is 1.67. The standard InChI is InChI=1S/C15H16ClN3O4S/c1-15(2)10(13(21)22)19-11(20)9(12(19)24-15)18-14(23)17-8-5-3-4-7(16)6-8/h3-6,9-10,12H,1-2H3,(H,21,22)(H2,17,18,23). The van der Waals surface area contributed by atoms with Crippen molar-refractivity contribution in [1.29, 1.82) is 0 Å². The summed E-state index contributed by atoms with van der Waals surface area (Å²) in [5.74, 6) is -1.42. The molecule has 3 amide bonds. The molecule has 3 unspecified atom stereocenters. The summed E-state index contributed by atoms with van der Waals surface area (Å²) < 4.78 is -0.619. The Bertz CT molecular complexity index is 726. The third-order valence-electron chi connectivity index (χ3n) is 4.04. The van der Waals surface area contributed by atoms with Gasteiger partial charge in [0.1, 0.15) is 17.5 Å². The lowest BCUT2D eigenvalue weighted by Crippen LogP contribution is -2.70. The van der Waals surface area contributed by atoms with Gasteiger partial charge in [-0.3, -0.25) is 4.79 Å². The fraction of sp³-hybridized carbons (Fsp3) is 0.400. The first-order valence-electron chi connectivity index (χ1n) is 7.26. The van der Waals surface area contributed by atoms with Crippen molar-refractivity contribution in [3.8, 4) is 0 Å². The summed E-state index contributed by atoms with van der Waals surface area (Å²) in [6.45, 7) is 3.57. The van der Waals surface area contributed by atoms with Gasteiger partial charge in [0.05, 0.1) is 0 Å². The lowest BCUT2D eigenvalue weighted by molar-refractivity contribution is -0.159. The predicted molar refractivity (Wildman–Crippen MR) is 91.1 cm³/mol. The molecule has 0 aliphatic carbocycles. The van der Waals surface area contributed by atoms with Gasteiger partial charge >= 0.3 is 12.0 Å². The Morgan fingerprint density at radius 2 is 2.08 bits per heavy atom. The third kappa shape index (κ3) is 2.80. The van der Waals surface area contributed by atoms with E-state index >= 15 is 0 Å². The predicted octanol–water partition coefficient (Wildman–Crippen LogP) is 1.98. The lowest BCUT2D eigenvalue weighted by Gasteiger charge is -2.43. The maximum absolute atomic E-state index is 12.3. The summed E-state index contributed by atoms with van der Waals surface area (Å²) in [5.41, 5.74) is 0.506. The maximum Gasteiger partial charge on any atom is 0.327 e. The molecule has 2 aliphatic heterocycles. The van der Waals surface area contributed by atoms with Gasteiger partial charge in [0.2, 0.25) is 5.91 Å². The highest BCUT2D eigenvalue weighted by Gasteiger charge is 2.64. The molecular formula is C15H16ClN3O4S. The quantitative estimate of drug-likeness (QED) is 0.707. The van der Waals surface area contributed by atoms with Crippen LogP contribution in [0.4, 0.5) is 10.5 Å². The van der Waals surface area contributed by atoms with Gasteiger partial charge in [-0.15, -0.1) is 11.8 Å². The van der Waals surface area contributed by atoms with Gasteiger partial charge in [-0.05, 0) is 32.0 Å². The van der Waals surface area contributed by atoms with Crippen molar-refractivity contribution in [3.63, 3.8) is 0 Å². The molecule has 9 heteroatoms. The number of carboxylic acid groups (broad SMARTS) is 1. The molecule has 2 heterocycles. The molecule has 2 aliphatic rings. The van der Waals surface area contributed by atoms with Crippen molar-refractivity contribution >= 4 is 47.0 Å². The molecule has 0 bridgehead atoms. The fourth-order valence-corrected chi connectivity index (χ4v) is 4.84. The van der Waals surface area contributed by atoms with Crippen molar-refractivity contribution in [2.24, 2.45) is 0 Å². The number of fused-ring (bicyclic) bond motifs is 1. The van der Waals surface area contributed by atoms with E-state index in [4.69, 9.17) is 11.6 Å². The number of urea groups is 1. The van der Waals surface area contributed by atoms with E-state index in [-0.39, 0.29) is 11.3 Å². The van der Waals surface area contributed by atoms with Crippen molar-refractivity contribution in [3.05, 3.63) is 29.3 Å². The number of nitrogens with one attached hydrogen (secondary N) is 2. The zero-order valence-electron chi connectivity index (χ0n) is 12.9. The second-order valence-electron chi connectivity index (χ2n) is 6.18. The molecule has 0 spiro atoms. The van der Waals surface area contributed by atoms with Gasteiger partial charge in [0, 0.05) is 15.5 Å². The number of carbonyl (C=O) groups is 3. The van der Waals surface area contributed by atoms with Crippen molar-refractivity contribution in [2.45, 2.75) is 36.1 Å². The summed E-state index contributed by atoms with van der Waals surface area (Å²) in [6, 6.07) is 4.47. The molecule has 3 atom stereocenters. The molecule has 0 radical (unpaired) electrons. The van der Waals surface area contributed by atoms with Gasteiger partial charge < -0.3 is 20.6 Å². The minimum atomic E-state index is -1.04. The van der Waals surface area contributed by atoms with Crippen LogP contribution < -0.4 is 10.6 Å². The van der Waals surface area contributed by atoms with Gasteiger partial charge in [0.15, 0.2) is 0 Å². The smallest absolute Gasteiger partial charge is 0.327 e. The monoisotopic (exact) mass is 369 g/mol. The highest BCUT2D eigenvalue weighted by Crippen LogP contribution is 2.50. The highest BCUT2D eigenvalue weighted by molar-refractivity contribution is 8.01. The van der Waals surface area contributed by atoms with Crippen LogP contribution in [-0.4, -0.2) is 50.1 Å². The topological polar surface area (TPSA) is 98.7 Å². The van der Waals surface area contributed by atoms with Crippen molar-refractivity contribution in [2.75, 3.05) is 5.32 Å². The number of aliphatic carboxylic acids is 1. The molecule has 24 heavy (non-hydrogen) atoms. The molecular weight excluding hydrogens is 354 g/mol. The van der Waals surface area contributed by atoms with E-state index in [2.05, 4.69) is 10.6 Å². The van der Waals surface area contributed by atoms with Crippen molar-refractivity contribution in [1.82, 2.24) is 10.2 Å². The number of carboxylic acids is 1. The third-order valence-corrected chi connectivity index (χ3v) is 5.85. The van der Waals surface area contributed by atoms with Crippen LogP contribution in [0.5, 0.6) is 0 Å². The minimum absolute atomic E-state index is 0.376. The van der Waals surface area contributed by atoms with E-state index in [1.807, 2.05) is 0 Å².